The van der Waals surface area contributed by atoms with Crippen LogP contribution in [0.25, 0.3) is 0 Å². The van der Waals surface area contributed by atoms with E-state index >= 15 is 0 Å². The van der Waals surface area contributed by atoms with Gasteiger partial charge in [0, 0.05) is 0 Å². The molecule has 0 amide bonds. The van der Waals surface area contributed by atoms with Crippen molar-refractivity contribution < 1.29 is 34.2 Å². The van der Waals surface area contributed by atoms with Gasteiger partial charge in [0.05, 0.1) is 0 Å². The Bertz CT molecular complexity index is 413. The summed E-state index contributed by atoms with van der Waals surface area (Å²) in [6.07, 6.45) is -5.43. The normalized spacial score (nSPS) is 13.1. The Morgan fingerprint density at radius 2 is 1.50 bits per heavy atom. The fraction of sp³-hybridized carbons (Fsp3) is 0.222. The van der Waals surface area contributed by atoms with Gasteiger partial charge >= 0.3 is 105 Å². The van der Waals surface area contributed by atoms with Gasteiger partial charge in [0.25, 0.3) is 0 Å². The molecule has 0 aliphatic heterocycles. The maximum absolute atomic E-state index is 12.6. The van der Waals surface area contributed by atoms with Crippen molar-refractivity contribution in [3.05, 3.63) is 33.9 Å². The molecule has 0 aromatic heterocycles. The van der Waals surface area contributed by atoms with Gasteiger partial charge in [0.15, 0.2) is 0 Å². The zero-order valence-corrected chi connectivity index (χ0v) is 10.5. The topological polar surface area (TPSA) is 26.3 Å². The third-order valence-electron chi connectivity index (χ3n) is 1.50. The van der Waals surface area contributed by atoms with Crippen LogP contribution in [0.4, 0.5) is 26.3 Å². The van der Waals surface area contributed by atoms with Crippen molar-refractivity contribution in [2.24, 2.45) is 0 Å². The van der Waals surface area contributed by atoms with Crippen LogP contribution < -0.4 is 0 Å². The van der Waals surface area contributed by atoms with Crippen molar-refractivity contribution >= 4 is 26.2 Å². The van der Waals surface area contributed by atoms with Gasteiger partial charge in [-0.25, -0.2) is 0 Å². The number of benzene rings is 1. The Balaban J connectivity index is 2.99. The van der Waals surface area contributed by atoms with Gasteiger partial charge in [0.1, 0.15) is 0 Å². The van der Waals surface area contributed by atoms with Gasteiger partial charge < -0.3 is 0 Å². The first-order chi connectivity index (χ1) is 8.12. The molecular weight excluding hydrogens is 381 g/mol. The summed E-state index contributed by atoms with van der Waals surface area (Å²) in [5, 5.41) is 0. The molecule has 1 aromatic rings. The predicted octanol–water partition coefficient (Wildman–Crippen LogP) is 3.90. The van der Waals surface area contributed by atoms with Crippen molar-refractivity contribution in [3.8, 4) is 0 Å². The Morgan fingerprint density at radius 1 is 1.00 bits per heavy atom. The van der Waals surface area contributed by atoms with Crippen LogP contribution in [-0.2, 0) is 7.86 Å². The minimum atomic E-state index is -5.43. The van der Waals surface area contributed by atoms with Gasteiger partial charge in [-0.05, 0) is 0 Å². The van der Waals surface area contributed by atoms with Crippen molar-refractivity contribution in [1.82, 2.24) is 0 Å². The summed E-state index contributed by atoms with van der Waals surface area (Å²) in [6.45, 7) is 0. The van der Waals surface area contributed by atoms with Crippen molar-refractivity contribution in [1.29, 1.82) is 0 Å². The number of alkyl halides is 7. The second-order valence-electron chi connectivity index (χ2n) is 2.84. The molecule has 1 rings (SSSR count). The van der Waals surface area contributed by atoms with Gasteiger partial charge in [-0.3, -0.25) is 0 Å². The molecule has 9 heteroatoms. The van der Waals surface area contributed by atoms with Crippen LogP contribution >= 0.6 is 20.2 Å². The monoisotopic (exact) mass is 386 g/mol. The van der Waals surface area contributed by atoms with E-state index in [2.05, 4.69) is 3.07 Å². The molecule has 18 heavy (non-hydrogen) atoms. The van der Waals surface area contributed by atoms with E-state index < -0.39 is 40.1 Å². The van der Waals surface area contributed by atoms with E-state index in [1.165, 1.54) is 18.2 Å². The van der Waals surface area contributed by atoms with E-state index in [-0.39, 0.29) is 0 Å². The van der Waals surface area contributed by atoms with Gasteiger partial charge in [0.2, 0.25) is 0 Å². The molecule has 1 aromatic carbocycles. The minimum absolute atomic E-state index is 0.424. The fourth-order valence-electron chi connectivity index (χ4n) is 0.855. The summed E-state index contributed by atoms with van der Waals surface area (Å²) < 4.78 is 71.7. The summed E-state index contributed by atoms with van der Waals surface area (Å²) in [4.78, 5) is 10.5. The zero-order chi connectivity index (χ0) is 14.0. The second-order valence-corrected chi connectivity index (χ2v) is 7.16. The van der Waals surface area contributed by atoms with E-state index in [1.807, 2.05) is 0 Å². The van der Waals surface area contributed by atoms with Crippen LogP contribution in [0.15, 0.2) is 30.3 Å². The summed E-state index contributed by atoms with van der Waals surface area (Å²) in [7, 11) is 0. The molecular formula is C9H5F6IO2. The van der Waals surface area contributed by atoms with E-state index in [4.69, 9.17) is 0 Å². The second kappa shape index (κ2) is 5.33. The molecule has 0 saturated carbocycles. The quantitative estimate of drug-likeness (QED) is 0.438. The first-order valence-electron chi connectivity index (χ1n) is 4.24. The summed E-state index contributed by atoms with van der Waals surface area (Å²) in [5.74, 6) is -2.81. The van der Waals surface area contributed by atoms with Crippen LogP contribution in [0.5, 0.6) is 0 Å². The molecule has 0 aliphatic rings. The Kier molecular flexibility index (Phi) is 4.46. The zero-order valence-electron chi connectivity index (χ0n) is 8.35. The van der Waals surface area contributed by atoms with Crippen molar-refractivity contribution in [2.75, 3.05) is 0 Å². The van der Waals surface area contributed by atoms with Crippen LogP contribution in [0.3, 0.4) is 0 Å². The molecule has 0 N–H and O–H groups in total. The number of halogens is 7. The summed E-state index contributed by atoms with van der Waals surface area (Å²) >= 11 is -4.71. The van der Waals surface area contributed by atoms with E-state index in [0.29, 0.717) is 0 Å². The summed E-state index contributed by atoms with van der Waals surface area (Å²) in [6, 6.07) is 5.84. The number of rotatable bonds is 2. The first kappa shape index (κ1) is 15.1. The van der Waals surface area contributed by atoms with Crippen LogP contribution in [0, 0.1) is 3.57 Å². The van der Waals surface area contributed by atoms with Gasteiger partial charge in [-0.15, -0.1) is 0 Å². The average molecular weight is 386 g/mol. The average Bonchev–Trinajstić information content (AvgIpc) is 2.23. The molecule has 0 atom stereocenters. The standard InChI is InChI=1S/C9H5F6IO2/c10-8(11,12)7(17)18-16(9(13,14)15)6-4-2-1-3-5-6/h1-5H. The third kappa shape index (κ3) is 4.03. The van der Waals surface area contributed by atoms with Crippen molar-refractivity contribution in [3.63, 3.8) is 0 Å². The summed E-state index contributed by atoms with van der Waals surface area (Å²) in [5.41, 5.74) is 0. The van der Waals surface area contributed by atoms with Crippen LogP contribution in [-0.4, -0.2) is 16.3 Å². The number of hydrogen-bond acceptors (Lipinski definition) is 2. The van der Waals surface area contributed by atoms with E-state index in [9.17, 15) is 31.1 Å². The van der Waals surface area contributed by atoms with E-state index in [1.54, 1.807) is 0 Å². The molecule has 0 radical (unpaired) electrons. The Labute approximate surface area is 105 Å². The Hall–Kier alpha value is -1.00. The first-order valence-corrected chi connectivity index (χ1v) is 7.27. The van der Waals surface area contributed by atoms with Gasteiger partial charge in [-0.2, -0.15) is 0 Å². The molecule has 0 bridgehead atoms. The maximum atomic E-state index is 12.6. The van der Waals surface area contributed by atoms with E-state index in [0.717, 1.165) is 12.1 Å². The fourth-order valence-corrected chi connectivity index (χ4v) is 3.78. The molecule has 0 unspecified atom stereocenters. The SMILES string of the molecule is O=C(OI(c1ccccc1)C(F)(F)F)C(F)(F)F. The number of carbonyl (C=O) groups excluding carboxylic acids is 1. The van der Waals surface area contributed by atoms with Gasteiger partial charge in [-0.1, -0.05) is 0 Å². The predicted molar refractivity (Wildman–Crippen MR) is 57.4 cm³/mol. The number of hydrogen-bond donors (Lipinski definition) is 0. The number of carbonyl (C=O) groups is 1. The van der Waals surface area contributed by atoms with Crippen LogP contribution in [0.2, 0.25) is 0 Å². The molecule has 0 heterocycles. The van der Waals surface area contributed by atoms with Crippen molar-refractivity contribution in [2.45, 2.75) is 10.4 Å². The molecule has 0 spiro atoms. The molecule has 0 fully saturated rings. The van der Waals surface area contributed by atoms with Crippen LogP contribution in [0.1, 0.15) is 0 Å². The third-order valence-corrected chi connectivity index (χ3v) is 5.31. The molecule has 0 aliphatic carbocycles. The Morgan fingerprint density at radius 3 is 1.89 bits per heavy atom. The molecule has 0 saturated heterocycles. The molecule has 2 nitrogen and oxygen atoms in total. The molecule has 102 valence electrons.